The highest BCUT2D eigenvalue weighted by Gasteiger charge is 2.91. The van der Waals surface area contributed by atoms with Crippen LogP contribution in [-0.2, 0) is 10.2 Å². The van der Waals surface area contributed by atoms with Gasteiger partial charge in [0.25, 0.3) is 0 Å². The topological polar surface area (TPSA) is 113 Å². The van der Waals surface area contributed by atoms with Crippen molar-refractivity contribution < 1.29 is 4.79 Å². The highest BCUT2D eigenvalue weighted by molar-refractivity contribution is 5.88. The average Bonchev–Trinajstić information content (AvgIpc) is 3.25. The van der Waals surface area contributed by atoms with E-state index in [9.17, 15) is 15.3 Å². The second-order valence-electron chi connectivity index (χ2n) is 13.7. The Morgan fingerprint density at radius 3 is 2.58 bits per heavy atom. The first-order valence-electron chi connectivity index (χ1n) is 14.7. The maximum Gasteiger partial charge on any atom is 0.229 e. The molecule has 4 saturated carbocycles. The minimum Gasteiger partial charge on any atom is -0.350 e. The maximum absolute atomic E-state index is 14.1. The van der Waals surface area contributed by atoms with Gasteiger partial charge in [-0.25, -0.2) is 15.0 Å². The number of fused-ring (bicyclic) bond motifs is 3. The van der Waals surface area contributed by atoms with E-state index in [0.29, 0.717) is 55.2 Å². The van der Waals surface area contributed by atoms with Crippen LogP contribution in [-0.4, -0.2) is 57.5 Å². The first kappa shape index (κ1) is 24.1. The molecular formula is C31H34N8O. The van der Waals surface area contributed by atoms with Crippen molar-refractivity contribution in [3.63, 3.8) is 0 Å². The van der Waals surface area contributed by atoms with Gasteiger partial charge in [0.05, 0.1) is 23.1 Å². The van der Waals surface area contributed by atoms with Crippen LogP contribution in [0.5, 0.6) is 0 Å². The summed E-state index contributed by atoms with van der Waals surface area (Å²) in [7, 11) is 0. The van der Waals surface area contributed by atoms with Crippen LogP contribution in [0.2, 0.25) is 0 Å². The van der Waals surface area contributed by atoms with E-state index in [1.807, 2.05) is 4.90 Å². The van der Waals surface area contributed by atoms with Gasteiger partial charge in [0.1, 0.15) is 23.8 Å². The molecule has 6 aliphatic rings. The lowest BCUT2D eigenvalue weighted by atomic mass is 9.12. The molecule has 10 atom stereocenters. The third-order valence-corrected chi connectivity index (χ3v) is 11.9. The van der Waals surface area contributed by atoms with Crippen LogP contribution < -0.4 is 9.80 Å². The van der Waals surface area contributed by atoms with Gasteiger partial charge in [-0.2, -0.15) is 10.5 Å². The van der Waals surface area contributed by atoms with E-state index in [1.54, 1.807) is 24.7 Å². The molecular weight excluding hydrogens is 500 g/mol. The zero-order valence-corrected chi connectivity index (χ0v) is 23.4. The highest BCUT2D eigenvalue weighted by Crippen LogP contribution is 2.92. The van der Waals surface area contributed by atoms with Crippen molar-refractivity contribution in [1.29, 1.82) is 10.5 Å². The van der Waals surface area contributed by atoms with E-state index in [-0.39, 0.29) is 17.5 Å². The minimum absolute atomic E-state index is 0.0629. The molecule has 5 fully saturated rings. The Labute approximate surface area is 234 Å². The van der Waals surface area contributed by atoms with Crippen LogP contribution in [0.25, 0.3) is 0 Å². The van der Waals surface area contributed by atoms with Crippen molar-refractivity contribution in [1.82, 2.24) is 19.9 Å². The van der Waals surface area contributed by atoms with Gasteiger partial charge in [0, 0.05) is 55.3 Å². The van der Waals surface area contributed by atoms with Crippen molar-refractivity contribution in [3.8, 4) is 12.1 Å². The van der Waals surface area contributed by atoms with Crippen LogP contribution in [0.1, 0.15) is 51.7 Å². The Kier molecular flexibility index (Phi) is 4.65. The zero-order chi connectivity index (χ0) is 27.7. The number of nitrogens with zero attached hydrogens (tertiary/aromatic N) is 8. The molecule has 4 heterocycles. The standard InChI is InChI=1S/C31H34N8O/c1-16-13-38(29(40)31-10-20-22-18(3)24(31)23(22)25(20)31)17(2)12-37(16)27-26-28(36-15-35-27)39(14-30(26,4)6-7-32)21-9-19(11-33)5-8-34-21/h5,8-9,15-18,20,22-25H,6,10,12-14H2,1-4H3/t16-,17+,18?,20?,22?,23?,24?,25?,30?,31?/m0/s1. The molecule has 8 rings (SSSR count). The Morgan fingerprint density at radius 2 is 1.88 bits per heavy atom. The van der Waals surface area contributed by atoms with Crippen LogP contribution in [0.15, 0.2) is 24.7 Å². The summed E-state index contributed by atoms with van der Waals surface area (Å²) in [4.78, 5) is 34.7. The monoisotopic (exact) mass is 534 g/mol. The summed E-state index contributed by atoms with van der Waals surface area (Å²) in [5.74, 6) is 7.22. The Balaban J connectivity index is 1.11. The van der Waals surface area contributed by atoms with Gasteiger partial charge < -0.3 is 14.7 Å². The van der Waals surface area contributed by atoms with E-state index in [1.165, 1.54) is 0 Å². The number of piperazine rings is 1. The van der Waals surface area contributed by atoms with Crippen molar-refractivity contribution in [2.75, 3.05) is 29.4 Å². The van der Waals surface area contributed by atoms with E-state index in [0.717, 1.165) is 47.3 Å². The van der Waals surface area contributed by atoms with Gasteiger partial charge in [-0.1, -0.05) is 13.8 Å². The molecule has 40 heavy (non-hydrogen) atoms. The van der Waals surface area contributed by atoms with Crippen molar-refractivity contribution in [2.45, 2.75) is 58.0 Å². The van der Waals surface area contributed by atoms with Crippen LogP contribution in [0.3, 0.4) is 0 Å². The lowest BCUT2D eigenvalue weighted by Gasteiger charge is -2.92. The van der Waals surface area contributed by atoms with Gasteiger partial charge in [-0.3, -0.25) is 4.79 Å². The average molecular weight is 535 g/mol. The number of pyridine rings is 1. The Morgan fingerprint density at radius 1 is 1.07 bits per heavy atom. The van der Waals surface area contributed by atoms with E-state index in [2.05, 4.69) is 59.6 Å². The number of nitriles is 2. The molecule has 204 valence electrons. The Hall–Kier alpha value is -3.72. The quantitative estimate of drug-likeness (QED) is 0.584. The fourth-order valence-corrected chi connectivity index (χ4v) is 10.3. The second-order valence-corrected chi connectivity index (χ2v) is 13.7. The number of anilines is 3. The number of hydrogen-bond acceptors (Lipinski definition) is 8. The fraction of sp³-hybridized carbons (Fsp3) is 0.613. The molecule has 0 aromatic carbocycles. The number of rotatable bonds is 4. The molecule has 2 aromatic rings. The molecule has 8 unspecified atom stereocenters. The summed E-state index contributed by atoms with van der Waals surface area (Å²) >= 11 is 0. The summed E-state index contributed by atoms with van der Waals surface area (Å²) in [6.07, 6.45) is 4.66. The molecule has 0 N–H and O–H groups in total. The summed E-state index contributed by atoms with van der Waals surface area (Å²) in [5, 5.41) is 19.3. The lowest BCUT2D eigenvalue weighted by molar-refractivity contribution is -0.439. The van der Waals surface area contributed by atoms with Gasteiger partial charge in [-0.15, -0.1) is 0 Å². The first-order chi connectivity index (χ1) is 19.2. The van der Waals surface area contributed by atoms with Crippen LogP contribution in [0, 0.1) is 63.6 Å². The Bertz CT molecular complexity index is 1530. The normalized spacial score (nSPS) is 41.3. The van der Waals surface area contributed by atoms with Crippen molar-refractivity contribution in [3.05, 3.63) is 35.8 Å². The molecule has 9 heteroatoms. The lowest BCUT2D eigenvalue weighted by Crippen LogP contribution is -2.91. The number of aromatic nitrogens is 3. The molecule has 9 nitrogen and oxygen atoms in total. The van der Waals surface area contributed by atoms with E-state index in [4.69, 9.17) is 4.98 Å². The number of carbonyl (C=O) groups excluding carboxylic acids is 1. The summed E-state index contributed by atoms with van der Waals surface area (Å²) in [6, 6.07) is 8.19. The predicted octanol–water partition coefficient (Wildman–Crippen LogP) is 3.64. The minimum atomic E-state index is -0.511. The predicted molar refractivity (Wildman–Crippen MR) is 147 cm³/mol. The molecule has 0 bridgehead atoms. The second kappa shape index (κ2) is 7.72. The van der Waals surface area contributed by atoms with E-state index < -0.39 is 5.41 Å². The van der Waals surface area contributed by atoms with Crippen LogP contribution >= 0.6 is 0 Å². The molecule has 2 aliphatic heterocycles. The van der Waals surface area contributed by atoms with Crippen molar-refractivity contribution in [2.24, 2.45) is 40.9 Å². The third kappa shape index (κ3) is 2.62. The summed E-state index contributed by atoms with van der Waals surface area (Å²) in [6.45, 7) is 10.7. The number of carbonyl (C=O) groups is 1. The van der Waals surface area contributed by atoms with Gasteiger partial charge in [0.2, 0.25) is 5.91 Å². The van der Waals surface area contributed by atoms with Crippen LogP contribution in [0.4, 0.5) is 17.5 Å². The molecule has 1 saturated heterocycles. The van der Waals surface area contributed by atoms with Gasteiger partial charge >= 0.3 is 0 Å². The van der Waals surface area contributed by atoms with E-state index >= 15 is 0 Å². The number of amides is 1. The summed E-state index contributed by atoms with van der Waals surface area (Å²) < 4.78 is 0. The zero-order valence-electron chi connectivity index (χ0n) is 23.4. The largest absolute Gasteiger partial charge is 0.350 e. The third-order valence-electron chi connectivity index (χ3n) is 11.9. The van der Waals surface area contributed by atoms with Gasteiger partial charge in [-0.05, 0) is 67.9 Å². The maximum atomic E-state index is 14.1. The molecule has 0 spiro atoms. The van der Waals surface area contributed by atoms with Crippen molar-refractivity contribution >= 4 is 23.4 Å². The van der Waals surface area contributed by atoms with Gasteiger partial charge in [0.15, 0.2) is 0 Å². The molecule has 4 aliphatic carbocycles. The first-order valence-corrected chi connectivity index (χ1v) is 14.7. The molecule has 2 aromatic heterocycles. The molecule has 0 radical (unpaired) electrons. The SMILES string of the molecule is CC1C2C3CC4(C(=O)N5C[C@H](C)N(c6ncnc7c6C(C)(CC#N)CN7c6cc(C#N)ccn6)C[C@H]5C)C1C2C34. The summed E-state index contributed by atoms with van der Waals surface area (Å²) in [5.41, 5.74) is 0.905. The highest BCUT2D eigenvalue weighted by atomic mass is 16.2. The number of hydrogen-bond donors (Lipinski definition) is 0. The fourth-order valence-electron chi connectivity index (χ4n) is 10.3. The smallest absolute Gasteiger partial charge is 0.229 e. The molecule has 1 amide bonds.